The molecule has 0 unspecified atom stereocenters. The van der Waals surface area contributed by atoms with Gasteiger partial charge in [-0.3, -0.25) is 9.78 Å². The second kappa shape index (κ2) is 7.93. The monoisotopic (exact) mass is 379 g/mol. The number of aromatic nitrogens is 2. The highest BCUT2D eigenvalue weighted by molar-refractivity contribution is 5.82. The first-order chi connectivity index (χ1) is 13.6. The number of piperazine rings is 1. The number of hydrogen-bond acceptors (Lipinski definition) is 5. The van der Waals surface area contributed by atoms with Gasteiger partial charge in [0.1, 0.15) is 17.7 Å². The molecule has 4 rings (SSSR count). The molecule has 0 radical (unpaired) electrons. The van der Waals surface area contributed by atoms with Crippen molar-refractivity contribution in [3.05, 3.63) is 53.7 Å². The molecule has 2 aromatic heterocycles. The van der Waals surface area contributed by atoms with Crippen molar-refractivity contribution >= 4 is 11.7 Å². The first-order valence-corrected chi connectivity index (χ1v) is 9.65. The van der Waals surface area contributed by atoms with Gasteiger partial charge >= 0.3 is 0 Å². The average Bonchev–Trinajstić information content (AvgIpc) is 3.03. The number of carbonyl (C=O) groups excluding carboxylic acids is 1. The number of rotatable bonds is 5. The Bertz CT molecular complexity index is 894. The van der Waals surface area contributed by atoms with Gasteiger partial charge in [0.15, 0.2) is 0 Å². The highest BCUT2D eigenvalue weighted by atomic mass is 19.1. The van der Waals surface area contributed by atoms with Crippen LogP contribution in [-0.2, 0) is 11.2 Å². The zero-order valence-electron chi connectivity index (χ0n) is 15.6. The Kier molecular flexibility index (Phi) is 5.20. The van der Waals surface area contributed by atoms with E-state index in [9.17, 15) is 9.18 Å². The predicted molar refractivity (Wildman–Crippen MR) is 102 cm³/mol. The molecule has 2 saturated heterocycles. The van der Waals surface area contributed by atoms with E-state index in [2.05, 4.69) is 20.9 Å². The van der Waals surface area contributed by atoms with Crippen molar-refractivity contribution in [3.8, 4) is 6.07 Å². The lowest BCUT2D eigenvalue weighted by molar-refractivity contribution is -0.132. The number of halogens is 1. The van der Waals surface area contributed by atoms with Gasteiger partial charge in [0, 0.05) is 37.9 Å². The molecule has 6 nitrogen and oxygen atoms in total. The number of hydrogen-bond donors (Lipinski definition) is 0. The molecule has 28 heavy (non-hydrogen) atoms. The van der Waals surface area contributed by atoms with Crippen LogP contribution in [0.3, 0.4) is 0 Å². The van der Waals surface area contributed by atoms with Crippen LogP contribution in [0.25, 0.3) is 0 Å². The van der Waals surface area contributed by atoms with E-state index in [0.717, 1.165) is 50.2 Å². The van der Waals surface area contributed by atoms with Crippen molar-refractivity contribution in [2.45, 2.75) is 31.7 Å². The van der Waals surface area contributed by atoms with Crippen molar-refractivity contribution in [3.63, 3.8) is 0 Å². The van der Waals surface area contributed by atoms with E-state index in [1.165, 1.54) is 12.3 Å². The van der Waals surface area contributed by atoms with E-state index < -0.39 is 0 Å². The molecule has 2 aliphatic rings. The maximum Gasteiger partial charge on any atom is 0.226 e. The third kappa shape index (κ3) is 3.81. The first-order valence-electron chi connectivity index (χ1n) is 9.65. The van der Waals surface area contributed by atoms with Crippen LogP contribution in [0.1, 0.15) is 30.4 Å². The predicted octanol–water partition coefficient (Wildman–Crippen LogP) is 2.55. The molecule has 0 spiro atoms. The van der Waals surface area contributed by atoms with Gasteiger partial charge in [-0.05, 0) is 49.4 Å². The molecule has 0 aromatic carbocycles. The maximum absolute atomic E-state index is 13.2. The summed E-state index contributed by atoms with van der Waals surface area (Å²) in [5, 5.41) is 8.91. The minimum Gasteiger partial charge on any atom is -0.353 e. The van der Waals surface area contributed by atoms with Crippen molar-refractivity contribution in [2.75, 3.05) is 24.5 Å². The van der Waals surface area contributed by atoms with Crippen LogP contribution in [0.15, 0.2) is 36.8 Å². The molecule has 2 fully saturated rings. The summed E-state index contributed by atoms with van der Waals surface area (Å²) in [4.78, 5) is 25.2. The molecule has 2 aromatic rings. The summed E-state index contributed by atoms with van der Waals surface area (Å²) >= 11 is 0. The molecule has 2 atom stereocenters. The molecule has 0 saturated carbocycles. The molecular weight excluding hydrogens is 357 g/mol. The van der Waals surface area contributed by atoms with E-state index >= 15 is 0 Å². The van der Waals surface area contributed by atoms with Gasteiger partial charge in [-0.25, -0.2) is 9.37 Å². The van der Waals surface area contributed by atoms with E-state index in [4.69, 9.17) is 5.26 Å². The fraction of sp³-hybridized carbons (Fsp3) is 0.429. The standard InChI is InChI=1S/C21H22FN5O/c22-18-8-15(11-24-13-18)2-1-3-17-9-19-14-26(6-7-27(19)21(17)28)20-5-4-16(10-23)12-25-20/h4-5,8,11-13,17,19H,1-3,6-7,9,14H2/t17-,19-/m0/s1. The first kappa shape index (κ1) is 18.4. The largest absolute Gasteiger partial charge is 0.353 e. The normalized spacial score (nSPS) is 21.5. The van der Waals surface area contributed by atoms with Gasteiger partial charge in [-0.2, -0.15) is 5.26 Å². The Labute approximate surface area is 163 Å². The minimum atomic E-state index is -0.317. The summed E-state index contributed by atoms with van der Waals surface area (Å²) in [5.74, 6) is 0.825. The lowest BCUT2D eigenvalue weighted by atomic mass is 9.96. The summed E-state index contributed by atoms with van der Waals surface area (Å²) in [5.41, 5.74) is 1.42. The Balaban J connectivity index is 1.33. The maximum atomic E-state index is 13.2. The third-order valence-corrected chi connectivity index (χ3v) is 5.65. The van der Waals surface area contributed by atoms with Crippen molar-refractivity contribution in [2.24, 2.45) is 5.92 Å². The van der Waals surface area contributed by atoms with Crippen LogP contribution in [0.4, 0.5) is 10.2 Å². The van der Waals surface area contributed by atoms with Crippen LogP contribution < -0.4 is 4.90 Å². The lowest BCUT2D eigenvalue weighted by Gasteiger charge is -2.38. The Morgan fingerprint density at radius 1 is 1.25 bits per heavy atom. The quantitative estimate of drug-likeness (QED) is 0.798. The summed E-state index contributed by atoms with van der Waals surface area (Å²) < 4.78 is 13.2. The number of amides is 1. The van der Waals surface area contributed by atoms with Gasteiger partial charge in [0.05, 0.1) is 17.8 Å². The molecule has 7 heteroatoms. The van der Waals surface area contributed by atoms with E-state index in [1.54, 1.807) is 18.5 Å². The lowest BCUT2D eigenvalue weighted by Crippen LogP contribution is -2.51. The molecule has 1 amide bonds. The van der Waals surface area contributed by atoms with Crippen molar-refractivity contribution in [1.82, 2.24) is 14.9 Å². The van der Waals surface area contributed by atoms with Crippen LogP contribution in [0, 0.1) is 23.1 Å². The number of carbonyl (C=O) groups is 1. The molecule has 0 bridgehead atoms. The highest BCUT2D eigenvalue weighted by Crippen LogP contribution is 2.32. The van der Waals surface area contributed by atoms with Crippen LogP contribution in [0.5, 0.6) is 0 Å². The Morgan fingerprint density at radius 3 is 2.89 bits per heavy atom. The highest BCUT2D eigenvalue weighted by Gasteiger charge is 2.42. The van der Waals surface area contributed by atoms with Gasteiger partial charge in [0.25, 0.3) is 0 Å². The molecule has 144 valence electrons. The molecule has 4 heterocycles. The average molecular weight is 379 g/mol. The summed E-state index contributed by atoms with van der Waals surface area (Å²) in [6.07, 6.45) is 7.74. The fourth-order valence-electron chi connectivity index (χ4n) is 4.24. The molecular formula is C21H22FN5O. The van der Waals surface area contributed by atoms with Gasteiger partial charge in [-0.1, -0.05) is 0 Å². The fourth-order valence-corrected chi connectivity index (χ4v) is 4.24. The third-order valence-electron chi connectivity index (χ3n) is 5.65. The van der Waals surface area contributed by atoms with Crippen LogP contribution >= 0.6 is 0 Å². The SMILES string of the molecule is N#Cc1ccc(N2CCN3C(=O)[C@@H](CCCc4cncc(F)c4)C[C@H]3C2)nc1. The van der Waals surface area contributed by atoms with Crippen LogP contribution in [0.2, 0.25) is 0 Å². The number of fused-ring (bicyclic) bond motifs is 1. The second-order valence-corrected chi connectivity index (χ2v) is 7.48. The number of aryl methyl sites for hydroxylation is 1. The summed E-state index contributed by atoms with van der Waals surface area (Å²) in [6, 6.07) is 7.45. The zero-order valence-corrected chi connectivity index (χ0v) is 15.6. The van der Waals surface area contributed by atoms with Crippen LogP contribution in [-0.4, -0.2) is 46.5 Å². The number of pyridine rings is 2. The minimum absolute atomic E-state index is 0.0420. The Hall–Kier alpha value is -3.01. The number of nitriles is 1. The number of nitrogens with zero attached hydrogens (tertiary/aromatic N) is 5. The summed E-state index contributed by atoms with van der Waals surface area (Å²) in [6.45, 7) is 2.23. The smallest absolute Gasteiger partial charge is 0.226 e. The van der Waals surface area contributed by atoms with E-state index in [0.29, 0.717) is 12.1 Å². The van der Waals surface area contributed by atoms with Gasteiger partial charge < -0.3 is 9.80 Å². The molecule has 0 aliphatic carbocycles. The zero-order chi connectivity index (χ0) is 19.5. The number of anilines is 1. The Morgan fingerprint density at radius 2 is 2.14 bits per heavy atom. The summed E-state index contributed by atoms with van der Waals surface area (Å²) in [7, 11) is 0. The van der Waals surface area contributed by atoms with Gasteiger partial charge in [-0.15, -0.1) is 0 Å². The topological polar surface area (TPSA) is 73.1 Å². The molecule has 2 aliphatic heterocycles. The second-order valence-electron chi connectivity index (χ2n) is 7.48. The molecule has 0 N–H and O–H groups in total. The van der Waals surface area contributed by atoms with Crippen molar-refractivity contribution in [1.29, 1.82) is 5.26 Å². The van der Waals surface area contributed by atoms with E-state index in [1.807, 2.05) is 11.0 Å². The van der Waals surface area contributed by atoms with E-state index in [-0.39, 0.29) is 23.7 Å². The van der Waals surface area contributed by atoms with Gasteiger partial charge in [0.2, 0.25) is 5.91 Å². The van der Waals surface area contributed by atoms with Crippen molar-refractivity contribution < 1.29 is 9.18 Å².